The first-order valence-electron chi connectivity index (χ1n) is 5.08. The van der Waals surface area contributed by atoms with Gasteiger partial charge in [0, 0.05) is 12.2 Å². The summed E-state index contributed by atoms with van der Waals surface area (Å²) in [5.74, 6) is -3.78. The van der Waals surface area contributed by atoms with Crippen LogP contribution in [0, 0.1) is 6.92 Å². The van der Waals surface area contributed by atoms with Crippen molar-refractivity contribution in [2.24, 2.45) is 0 Å². The maximum Gasteiger partial charge on any atom is 0.352 e. The molecule has 0 bridgehead atoms. The lowest BCUT2D eigenvalue weighted by atomic mass is 10.4. The monoisotopic (exact) mass is 275 g/mol. The molecule has 1 aromatic heterocycles. The predicted molar refractivity (Wildman–Crippen MR) is 61.5 cm³/mol. The highest BCUT2D eigenvalue weighted by Gasteiger charge is 2.26. The highest BCUT2D eigenvalue weighted by atomic mass is 32.2. The van der Waals surface area contributed by atoms with Crippen LogP contribution in [-0.4, -0.2) is 40.9 Å². The van der Waals surface area contributed by atoms with Crippen molar-refractivity contribution in [3.63, 3.8) is 0 Å². The van der Waals surface area contributed by atoms with Gasteiger partial charge in [-0.05, 0) is 19.9 Å². The van der Waals surface area contributed by atoms with Gasteiger partial charge in [-0.1, -0.05) is 0 Å². The molecule has 0 radical (unpaired) electrons. The van der Waals surface area contributed by atoms with Gasteiger partial charge in [0.05, 0.1) is 4.90 Å². The number of sulfone groups is 1. The molecule has 0 spiro atoms. The van der Waals surface area contributed by atoms with Crippen molar-refractivity contribution in [2.75, 3.05) is 5.75 Å². The Morgan fingerprint density at radius 3 is 2.22 bits per heavy atom. The van der Waals surface area contributed by atoms with Crippen LogP contribution in [-0.2, 0) is 21.2 Å². The number of carbonyl (C=O) groups is 2. The molecule has 0 aliphatic carbocycles. The highest BCUT2D eigenvalue weighted by molar-refractivity contribution is 7.92. The van der Waals surface area contributed by atoms with Crippen molar-refractivity contribution in [3.05, 3.63) is 17.5 Å². The summed E-state index contributed by atoms with van der Waals surface area (Å²) in [5.41, 5.74) is 0.0649. The van der Waals surface area contributed by atoms with Gasteiger partial charge < -0.3 is 14.8 Å². The number of nitrogens with zero attached hydrogens (tertiary/aromatic N) is 1. The lowest BCUT2D eigenvalue weighted by molar-refractivity contribution is -0.134. The Morgan fingerprint density at radius 1 is 1.33 bits per heavy atom. The number of carboxylic acids is 2. The molecule has 8 heteroatoms. The Kier molecular flexibility index (Phi) is 3.80. The molecule has 100 valence electrons. The molecule has 0 unspecified atom stereocenters. The third kappa shape index (κ3) is 2.53. The third-order valence-corrected chi connectivity index (χ3v) is 4.21. The van der Waals surface area contributed by atoms with E-state index >= 15 is 0 Å². The summed E-state index contributed by atoms with van der Waals surface area (Å²) in [6.07, 6.45) is 0. The number of carboxylic acid groups (broad SMARTS) is 2. The SMILES string of the molecule is CCn1c(C(=O)O)cc(S(=O)(=O)CC(=O)O)c1C. The van der Waals surface area contributed by atoms with E-state index in [0.29, 0.717) is 0 Å². The van der Waals surface area contributed by atoms with Gasteiger partial charge >= 0.3 is 11.9 Å². The zero-order valence-electron chi connectivity index (χ0n) is 9.87. The highest BCUT2D eigenvalue weighted by Crippen LogP contribution is 2.22. The van der Waals surface area contributed by atoms with E-state index in [4.69, 9.17) is 10.2 Å². The molecule has 0 aliphatic rings. The van der Waals surface area contributed by atoms with Crippen LogP contribution in [0.2, 0.25) is 0 Å². The normalized spacial score (nSPS) is 11.4. The van der Waals surface area contributed by atoms with E-state index in [1.54, 1.807) is 6.92 Å². The van der Waals surface area contributed by atoms with Crippen molar-refractivity contribution in [3.8, 4) is 0 Å². The zero-order valence-corrected chi connectivity index (χ0v) is 10.7. The van der Waals surface area contributed by atoms with Crippen molar-refractivity contribution >= 4 is 21.8 Å². The van der Waals surface area contributed by atoms with Crippen molar-refractivity contribution in [2.45, 2.75) is 25.3 Å². The molecule has 1 heterocycles. The van der Waals surface area contributed by atoms with E-state index < -0.39 is 27.5 Å². The molecule has 0 aromatic carbocycles. The molecule has 0 amide bonds. The van der Waals surface area contributed by atoms with Gasteiger partial charge in [0.25, 0.3) is 0 Å². The summed E-state index contributed by atoms with van der Waals surface area (Å²) < 4.78 is 24.9. The van der Waals surface area contributed by atoms with Crippen LogP contribution in [0.4, 0.5) is 0 Å². The Balaban J connectivity index is 3.44. The maximum atomic E-state index is 11.8. The molecule has 0 aliphatic heterocycles. The lowest BCUT2D eigenvalue weighted by Gasteiger charge is -2.05. The molecule has 0 saturated heterocycles. The molecule has 0 fully saturated rings. The van der Waals surface area contributed by atoms with Gasteiger partial charge in [-0.15, -0.1) is 0 Å². The lowest BCUT2D eigenvalue weighted by Crippen LogP contribution is -2.16. The smallest absolute Gasteiger partial charge is 0.352 e. The van der Waals surface area contributed by atoms with Crippen LogP contribution in [0.3, 0.4) is 0 Å². The first-order chi connectivity index (χ1) is 8.20. The molecule has 7 nitrogen and oxygen atoms in total. The second kappa shape index (κ2) is 4.81. The minimum atomic E-state index is -4.02. The Bertz CT molecular complexity index is 598. The van der Waals surface area contributed by atoms with E-state index in [0.717, 1.165) is 6.07 Å². The fraction of sp³-hybridized carbons (Fsp3) is 0.400. The Labute approximate surface area is 104 Å². The minimum Gasteiger partial charge on any atom is -0.480 e. The topological polar surface area (TPSA) is 114 Å². The average molecular weight is 275 g/mol. The summed E-state index contributed by atoms with van der Waals surface area (Å²) in [4.78, 5) is 21.2. The van der Waals surface area contributed by atoms with Crippen LogP contribution >= 0.6 is 0 Å². The van der Waals surface area contributed by atoms with Crippen LogP contribution in [0.15, 0.2) is 11.0 Å². The quantitative estimate of drug-likeness (QED) is 0.802. The molecule has 1 aromatic rings. The van der Waals surface area contributed by atoms with E-state index in [1.807, 2.05) is 0 Å². The number of rotatable bonds is 5. The third-order valence-electron chi connectivity index (χ3n) is 2.50. The van der Waals surface area contributed by atoms with E-state index in [1.165, 1.54) is 11.5 Å². The zero-order chi connectivity index (χ0) is 14.1. The second-order valence-corrected chi connectivity index (χ2v) is 5.64. The average Bonchev–Trinajstić information content (AvgIpc) is 2.53. The number of aromatic nitrogens is 1. The number of aromatic carboxylic acids is 1. The fourth-order valence-electron chi connectivity index (χ4n) is 1.76. The van der Waals surface area contributed by atoms with Crippen molar-refractivity contribution in [1.82, 2.24) is 4.57 Å². The molecule has 2 N–H and O–H groups in total. The van der Waals surface area contributed by atoms with Gasteiger partial charge in [0.2, 0.25) is 0 Å². The summed E-state index contributed by atoms with van der Waals surface area (Å²) in [7, 11) is -4.02. The molecule has 0 saturated carbocycles. The van der Waals surface area contributed by atoms with Gasteiger partial charge in [0.1, 0.15) is 5.69 Å². The summed E-state index contributed by atoms with van der Waals surface area (Å²) in [6.45, 7) is 3.41. The van der Waals surface area contributed by atoms with Crippen LogP contribution in [0.25, 0.3) is 0 Å². The van der Waals surface area contributed by atoms with E-state index in [-0.39, 0.29) is 22.8 Å². The minimum absolute atomic E-state index is 0.168. The fourth-order valence-corrected chi connectivity index (χ4v) is 3.09. The van der Waals surface area contributed by atoms with Crippen LogP contribution < -0.4 is 0 Å². The van der Waals surface area contributed by atoms with Crippen molar-refractivity contribution in [1.29, 1.82) is 0 Å². The number of aliphatic carboxylic acids is 1. The molecule has 18 heavy (non-hydrogen) atoms. The maximum absolute atomic E-state index is 11.8. The van der Waals surface area contributed by atoms with E-state index in [2.05, 4.69) is 0 Å². The Morgan fingerprint density at radius 2 is 1.89 bits per heavy atom. The first-order valence-corrected chi connectivity index (χ1v) is 6.74. The summed E-state index contributed by atoms with van der Waals surface area (Å²) in [5, 5.41) is 17.5. The predicted octanol–water partition coefficient (Wildman–Crippen LogP) is 0.373. The summed E-state index contributed by atoms with van der Waals surface area (Å²) in [6, 6.07) is 0.999. The first kappa shape index (κ1) is 14.2. The van der Waals surface area contributed by atoms with Crippen LogP contribution in [0.5, 0.6) is 0 Å². The van der Waals surface area contributed by atoms with Gasteiger partial charge in [-0.2, -0.15) is 0 Å². The number of hydrogen-bond acceptors (Lipinski definition) is 4. The summed E-state index contributed by atoms with van der Waals surface area (Å²) >= 11 is 0. The van der Waals surface area contributed by atoms with Gasteiger partial charge in [-0.3, -0.25) is 4.79 Å². The number of hydrogen-bond donors (Lipinski definition) is 2. The largest absolute Gasteiger partial charge is 0.480 e. The van der Waals surface area contributed by atoms with Crippen LogP contribution in [0.1, 0.15) is 23.1 Å². The van der Waals surface area contributed by atoms with Crippen molar-refractivity contribution < 1.29 is 28.2 Å². The standard InChI is InChI=1S/C10H13NO6S/c1-3-11-6(2)8(4-7(11)10(14)15)18(16,17)5-9(12)13/h4H,3,5H2,1-2H3,(H,12,13)(H,14,15). The van der Waals surface area contributed by atoms with Gasteiger partial charge in [0.15, 0.2) is 15.6 Å². The molecular weight excluding hydrogens is 262 g/mol. The second-order valence-electron chi connectivity index (χ2n) is 3.68. The van der Waals surface area contributed by atoms with E-state index in [9.17, 15) is 18.0 Å². The Hall–Kier alpha value is -1.83. The molecule has 1 rings (SSSR count). The molecule has 0 atom stereocenters. The molecular formula is C10H13NO6S. The van der Waals surface area contributed by atoms with Gasteiger partial charge in [-0.25, -0.2) is 13.2 Å².